The van der Waals surface area contributed by atoms with E-state index in [2.05, 4.69) is 14.8 Å². The van der Waals surface area contributed by atoms with Crippen LogP contribution in [0.2, 0.25) is 0 Å². The van der Waals surface area contributed by atoms with Crippen LogP contribution in [0.3, 0.4) is 0 Å². The molecular formula is C32H36FN3O3S. The summed E-state index contributed by atoms with van der Waals surface area (Å²) in [6, 6.07) is 15.7. The number of piperidine rings is 1. The van der Waals surface area contributed by atoms with Crippen LogP contribution in [0.1, 0.15) is 69.7 Å². The van der Waals surface area contributed by atoms with Gasteiger partial charge in [0.15, 0.2) is 5.01 Å². The van der Waals surface area contributed by atoms with Crippen molar-refractivity contribution in [3.63, 3.8) is 0 Å². The Morgan fingerprint density at radius 2 is 1.80 bits per heavy atom. The number of thiazole rings is 1. The zero-order valence-electron chi connectivity index (χ0n) is 22.6. The van der Waals surface area contributed by atoms with Gasteiger partial charge in [0.1, 0.15) is 11.9 Å². The van der Waals surface area contributed by atoms with E-state index in [9.17, 15) is 19.1 Å². The minimum Gasteiger partial charge on any atom is -0.480 e. The molecule has 2 aromatic carbocycles. The van der Waals surface area contributed by atoms with Gasteiger partial charge in [0.25, 0.3) is 0 Å². The van der Waals surface area contributed by atoms with Gasteiger partial charge in [0.2, 0.25) is 5.78 Å². The quantitative estimate of drug-likeness (QED) is 0.322. The number of carbonyl (C=O) groups excluding carboxylic acids is 1. The summed E-state index contributed by atoms with van der Waals surface area (Å²) in [6.45, 7) is 4.15. The predicted molar refractivity (Wildman–Crippen MR) is 153 cm³/mol. The third kappa shape index (κ3) is 6.19. The Hall–Kier alpha value is -2.94. The molecule has 3 atom stereocenters. The van der Waals surface area contributed by atoms with E-state index in [1.54, 1.807) is 12.1 Å². The van der Waals surface area contributed by atoms with Crippen molar-refractivity contribution in [1.82, 2.24) is 14.8 Å². The van der Waals surface area contributed by atoms with Gasteiger partial charge in [-0.15, -0.1) is 11.3 Å². The highest BCUT2D eigenvalue weighted by atomic mass is 32.1. The first-order valence-electron chi connectivity index (χ1n) is 14.4. The minimum atomic E-state index is -0.735. The van der Waals surface area contributed by atoms with E-state index in [0.29, 0.717) is 35.4 Å². The summed E-state index contributed by atoms with van der Waals surface area (Å²) in [5, 5.41) is 10.6. The largest absolute Gasteiger partial charge is 0.480 e. The summed E-state index contributed by atoms with van der Waals surface area (Å²) in [5.41, 5.74) is 1.64. The van der Waals surface area contributed by atoms with Crippen molar-refractivity contribution in [2.75, 3.05) is 32.7 Å². The number of halogens is 1. The molecule has 0 bridgehead atoms. The fourth-order valence-corrected chi connectivity index (χ4v) is 7.61. The van der Waals surface area contributed by atoms with E-state index < -0.39 is 12.0 Å². The second-order valence-electron chi connectivity index (χ2n) is 11.7. The van der Waals surface area contributed by atoms with Gasteiger partial charge in [-0.05, 0) is 67.8 Å². The van der Waals surface area contributed by atoms with Gasteiger partial charge in [0.05, 0.1) is 0 Å². The smallest absolute Gasteiger partial charge is 0.320 e. The van der Waals surface area contributed by atoms with Gasteiger partial charge in [0, 0.05) is 42.2 Å². The highest BCUT2D eigenvalue weighted by Gasteiger charge is 2.42. The van der Waals surface area contributed by atoms with Crippen LogP contribution in [0.5, 0.6) is 0 Å². The van der Waals surface area contributed by atoms with Gasteiger partial charge < -0.3 is 10.0 Å². The topological polar surface area (TPSA) is 73.7 Å². The Morgan fingerprint density at radius 3 is 2.50 bits per heavy atom. The lowest BCUT2D eigenvalue weighted by Crippen LogP contribution is -2.41. The Balaban J connectivity index is 1.10. The number of hydrogen-bond acceptors (Lipinski definition) is 6. The van der Waals surface area contributed by atoms with Crippen LogP contribution in [-0.2, 0) is 4.79 Å². The number of carboxylic acid groups (broad SMARTS) is 1. The summed E-state index contributed by atoms with van der Waals surface area (Å²) in [4.78, 5) is 35.3. The fraction of sp³-hybridized carbons (Fsp3) is 0.469. The number of aliphatic carboxylic acids is 1. The molecule has 2 saturated heterocycles. The van der Waals surface area contributed by atoms with Gasteiger partial charge in [-0.25, -0.2) is 9.37 Å². The number of benzene rings is 2. The monoisotopic (exact) mass is 561 g/mol. The molecule has 0 spiro atoms. The summed E-state index contributed by atoms with van der Waals surface area (Å²) in [7, 11) is 0. The van der Waals surface area contributed by atoms with Gasteiger partial charge in [-0.3, -0.25) is 14.5 Å². The average Bonchev–Trinajstić information content (AvgIpc) is 3.49. The number of carbonyl (C=O) groups is 2. The summed E-state index contributed by atoms with van der Waals surface area (Å²) in [6.07, 6.45) is 6.86. The maximum Gasteiger partial charge on any atom is 0.320 e. The van der Waals surface area contributed by atoms with Crippen molar-refractivity contribution in [3.8, 4) is 0 Å². The average molecular weight is 562 g/mol. The Kier molecular flexibility index (Phi) is 8.10. The maximum atomic E-state index is 14.2. The number of rotatable bonds is 10. The molecule has 1 aromatic heterocycles. The summed E-state index contributed by atoms with van der Waals surface area (Å²) < 4.78 is 14.2. The summed E-state index contributed by atoms with van der Waals surface area (Å²) in [5.74, 6) is 0.284. The predicted octanol–water partition coefficient (Wildman–Crippen LogP) is 5.66. The Bertz CT molecular complexity index is 1340. The molecule has 3 fully saturated rings. The molecule has 6 nitrogen and oxygen atoms in total. The molecule has 40 heavy (non-hydrogen) atoms. The molecule has 1 aliphatic carbocycles. The first-order valence-corrected chi connectivity index (χ1v) is 15.3. The fourth-order valence-electron chi connectivity index (χ4n) is 6.56. The van der Waals surface area contributed by atoms with E-state index >= 15 is 0 Å². The second kappa shape index (κ2) is 11.9. The lowest BCUT2D eigenvalue weighted by molar-refractivity contribution is -0.143. The van der Waals surface area contributed by atoms with Crippen molar-refractivity contribution in [1.29, 1.82) is 0 Å². The van der Waals surface area contributed by atoms with Gasteiger partial charge in [-0.1, -0.05) is 55.3 Å². The van der Waals surface area contributed by atoms with Crippen LogP contribution in [0, 0.1) is 17.7 Å². The van der Waals surface area contributed by atoms with Crippen LogP contribution in [0.15, 0.2) is 60.8 Å². The highest BCUT2D eigenvalue weighted by Crippen LogP contribution is 2.40. The SMILES string of the molecule is O=C(c1ccccc1)c1ncc(C2CCN(CC3CN(C(CC4CC4)C(=O)O)CC3c3cccc(F)c3)CC2)s1. The van der Waals surface area contributed by atoms with Crippen LogP contribution in [0.25, 0.3) is 0 Å². The molecule has 0 radical (unpaired) electrons. The lowest BCUT2D eigenvalue weighted by Gasteiger charge is -2.34. The van der Waals surface area contributed by atoms with Crippen molar-refractivity contribution in [2.24, 2.45) is 11.8 Å². The van der Waals surface area contributed by atoms with Crippen LogP contribution in [0.4, 0.5) is 4.39 Å². The van der Waals surface area contributed by atoms with Crippen LogP contribution in [-0.4, -0.2) is 70.4 Å². The van der Waals surface area contributed by atoms with Crippen molar-refractivity contribution < 1.29 is 19.1 Å². The molecular weight excluding hydrogens is 525 g/mol. The normalized spacial score (nSPS) is 23.3. The standard InChI is InChI=1S/C32H36FN3O3S/c33-26-8-4-7-24(16-26)27-20-36(28(32(38)39)15-21-9-10-21)19-25(27)18-35-13-11-22(12-14-35)29-17-34-31(40-29)30(37)23-5-2-1-3-6-23/h1-8,16-17,21-22,25,27-28H,9-15,18-20H2,(H,38,39). The molecule has 8 heteroatoms. The first kappa shape index (κ1) is 27.2. The van der Waals surface area contributed by atoms with E-state index in [4.69, 9.17) is 0 Å². The minimum absolute atomic E-state index is 0.0233. The first-order chi connectivity index (χ1) is 19.4. The molecule has 3 aliphatic rings. The Labute approximate surface area is 238 Å². The van der Waals surface area contributed by atoms with Crippen molar-refractivity contribution in [2.45, 2.75) is 50.0 Å². The van der Waals surface area contributed by atoms with Gasteiger partial charge in [-0.2, -0.15) is 0 Å². The Morgan fingerprint density at radius 1 is 1.02 bits per heavy atom. The molecule has 0 amide bonds. The molecule has 2 aliphatic heterocycles. The third-order valence-electron chi connectivity index (χ3n) is 8.96. The molecule has 1 saturated carbocycles. The van der Waals surface area contributed by atoms with E-state index in [-0.39, 0.29) is 23.4 Å². The second-order valence-corrected chi connectivity index (χ2v) is 12.8. The zero-order valence-corrected chi connectivity index (χ0v) is 23.4. The summed E-state index contributed by atoms with van der Waals surface area (Å²) >= 11 is 1.51. The molecule has 3 unspecified atom stereocenters. The van der Waals surface area contributed by atoms with Crippen molar-refractivity contribution >= 4 is 23.1 Å². The lowest BCUT2D eigenvalue weighted by atomic mass is 9.87. The number of ketones is 1. The van der Waals surface area contributed by atoms with Crippen LogP contribution >= 0.6 is 11.3 Å². The van der Waals surface area contributed by atoms with E-state index in [1.807, 2.05) is 42.6 Å². The molecule has 210 valence electrons. The highest BCUT2D eigenvalue weighted by molar-refractivity contribution is 7.13. The zero-order chi connectivity index (χ0) is 27.6. The number of nitrogens with zero attached hydrogens (tertiary/aromatic N) is 3. The number of aromatic nitrogens is 1. The van der Waals surface area contributed by atoms with E-state index in [0.717, 1.165) is 57.4 Å². The van der Waals surface area contributed by atoms with E-state index in [1.165, 1.54) is 22.3 Å². The molecule has 1 N–H and O–H groups in total. The number of carboxylic acids is 1. The van der Waals surface area contributed by atoms with Crippen molar-refractivity contribution in [3.05, 3.63) is 87.6 Å². The van der Waals surface area contributed by atoms with Gasteiger partial charge >= 0.3 is 5.97 Å². The number of hydrogen-bond donors (Lipinski definition) is 1. The maximum absolute atomic E-state index is 14.2. The number of likely N-dealkylation sites (tertiary alicyclic amines) is 2. The van der Waals surface area contributed by atoms with Crippen LogP contribution < -0.4 is 0 Å². The molecule has 3 aromatic rings. The molecule has 3 heterocycles. The third-order valence-corrected chi connectivity index (χ3v) is 10.1. The molecule has 6 rings (SSSR count).